The highest BCUT2D eigenvalue weighted by Crippen LogP contribution is 2.37. The molecule has 8 nitrogen and oxygen atoms in total. The molecule has 0 saturated heterocycles. The SMILES string of the molecule is CCOC(=O)CCCC(C)(CNC(=O)OCCCOC(=O)NCC1C=CC=CC1)CC(C)(C)C. The topological polar surface area (TPSA) is 103 Å². The quantitative estimate of drug-likeness (QED) is 0.203. The molecule has 0 aromatic heterocycles. The Labute approximate surface area is 204 Å². The molecule has 0 heterocycles. The zero-order chi connectivity index (χ0) is 25.5. The molecule has 2 atom stereocenters. The molecule has 194 valence electrons. The Balaban J connectivity index is 2.25. The van der Waals surface area contributed by atoms with E-state index in [4.69, 9.17) is 14.2 Å². The average Bonchev–Trinajstić information content (AvgIpc) is 2.76. The van der Waals surface area contributed by atoms with E-state index in [0.29, 0.717) is 44.9 Å². The van der Waals surface area contributed by atoms with Gasteiger partial charge in [-0.1, -0.05) is 52.0 Å². The van der Waals surface area contributed by atoms with Gasteiger partial charge in [-0.25, -0.2) is 9.59 Å². The Morgan fingerprint density at radius 2 is 1.62 bits per heavy atom. The minimum Gasteiger partial charge on any atom is -0.466 e. The van der Waals surface area contributed by atoms with Crippen LogP contribution in [0.15, 0.2) is 24.3 Å². The third-order valence-electron chi connectivity index (χ3n) is 5.42. The molecular formula is C26H44N2O6. The molecule has 2 unspecified atom stereocenters. The molecule has 0 aromatic rings. The van der Waals surface area contributed by atoms with Gasteiger partial charge in [0.25, 0.3) is 0 Å². The van der Waals surface area contributed by atoms with Gasteiger partial charge < -0.3 is 24.8 Å². The van der Waals surface area contributed by atoms with Crippen molar-refractivity contribution in [3.63, 3.8) is 0 Å². The Morgan fingerprint density at radius 3 is 2.21 bits per heavy atom. The standard InChI is InChI=1S/C26H44N2O6/c1-6-32-22(29)14-10-15-26(5,19-25(2,3)4)20-28-24(31)34-17-11-16-33-23(30)27-18-21-12-8-7-9-13-21/h7-9,12,21H,6,10-11,13-20H2,1-5H3,(H,27,30)(H,28,31). The molecule has 34 heavy (non-hydrogen) atoms. The molecule has 0 spiro atoms. The van der Waals surface area contributed by atoms with Crippen molar-refractivity contribution in [2.75, 3.05) is 32.9 Å². The number of nitrogens with one attached hydrogen (secondary N) is 2. The van der Waals surface area contributed by atoms with E-state index in [2.05, 4.69) is 50.5 Å². The lowest BCUT2D eigenvalue weighted by atomic mass is 9.72. The summed E-state index contributed by atoms with van der Waals surface area (Å²) in [5, 5.41) is 5.60. The lowest BCUT2D eigenvalue weighted by Crippen LogP contribution is -2.38. The summed E-state index contributed by atoms with van der Waals surface area (Å²) in [5.41, 5.74) is -0.0968. The summed E-state index contributed by atoms with van der Waals surface area (Å²) in [4.78, 5) is 35.6. The minimum absolute atomic E-state index is 0.0755. The van der Waals surface area contributed by atoms with E-state index in [9.17, 15) is 14.4 Å². The van der Waals surface area contributed by atoms with Crippen molar-refractivity contribution in [2.45, 2.75) is 73.1 Å². The number of hydrogen-bond acceptors (Lipinski definition) is 6. The fourth-order valence-corrected chi connectivity index (χ4v) is 4.19. The Hall–Kier alpha value is -2.51. The van der Waals surface area contributed by atoms with Gasteiger partial charge in [-0.05, 0) is 49.4 Å². The van der Waals surface area contributed by atoms with Crippen LogP contribution in [-0.4, -0.2) is 51.1 Å². The fourth-order valence-electron chi connectivity index (χ4n) is 4.19. The van der Waals surface area contributed by atoms with Crippen LogP contribution in [0.2, 0.25) is 0 Å². The first kappa shape index (κ1) is 29.5. The molecule has 0 radical (unpaired) electrons. The summed E-state index contributed by atoms with van der Waals surface area (Å²) in [6.45, 7) is 12.1. The number of allylic oxidation sites excluding steroid dienone is 3. The van der Waals surface area contributed by atoms with Gasteiger partial charge in [0.1, 0.15) is 0 Å². The minimum atomic E-state index is -0.493. The largest absolute Gasteiger partial charge is 0.466 e. The molecule has 0 fully saturated rings. The summed E-state index contributed by atoms with van der Waals surface area (Å²) in [6.07, 6.45) is 11.2. The summed E-state index contributed by atoms with van der Waals surface area (Å²) in [7, 11) is 0. The number of ether oxygens (including phenoxy) is 3. The Morgan fingerprint density at radius 1 is 0.941 bits per heavy atom. The molecule has 2 amide bonds. The highest BCUT2D eigenvalue weighted by atomic mass is 16.6. The van der Waals surface area contributed by atoms with Crippen molar-refractivity contribution in [3.8, 4) is 0 Å². The average molecular weight is 481 g/mol. The van der Waals surface area contributed by atoms with Gasteiger partial charge in [0, 0.05) is 25.9 Å². The van der Waals surface area contributed by atoms with Crippen molar-refractivity contribution in [1.82, 2.24) is 10.6 Å². The van der Waals surface area contributed by atoms with Crippen LogP contribution in [0.4, 0.5) is 9.59 Å². The van der Waals surface area contributed by atoms with Crippen LogP contribution in [0.1, 0.15) is 73.1 Å². The summed E-state index contributed by atoms with van der Waals surface area (Å²) < 4.78 is 15.4. The van der Waals surface area contributed by atoms with E-state index in [-0.39, 0.29) is 30.0 Å². The number of carbonyl (C=O) groups excluding carboxylic acids is 3. The predicted molar refractivity (Wildman–Crippen MR) is 132 cm³/mol. The van der Waals surface area contributed by atoms with Gasteiger partial charge in [-0.2, -0.15) is 0 Å². The van der Waals surface area contributed by atoms with Crippen molar-refractivity contribution >= 4 is 18.2 Å². The predicted octanol–water partition coefficient (Wildman–Crippen LogP) is 5.14. The van der Waals surface area contributed by atoms with Gasteiger partial charge in [-0.15, -0.1) is 0 Å². The Kier molecular flexibility index (Phi) is 13.4. The van der Waals surface area contributed by atoms with Crippen LogP contribution < -0.4 is 10.6 Å². The second kappa shape index (κ2) is 15.4. The zero-order valence-electron chi connectivity index (χ0n) is 21.6. The normalized spacial score (nSPS) is 16.9. The van der Waals surface area contributed by atoms with Crippen LogP contribution in [0.5, 0.6) is 0 Å². The van der Waals surface area contributed by atoms with E-state index in [1.807, 2.05) is 12.2 Å². The van der Waals surface area contributed by atoms with E-state index < -0.39 is 12.2 Å². The van der Waals surface area contributed by atoms with Gasteiger partial charge >= 0.3 is 18.2 Å². The fraction of sp³-hybridized carbons (Fsp3) is 0.731. The lowest BCUT2D eigenvalue weighted by molar-refractivity contribution is -0.143. The van der Waals surface area contributed by atoms with E-state index in [1.165, 1.54) is 0 Å². The second-order valence-corrected chi connectivity index (χ2v) is 10.4. The van der Waals surface area contributed by atoms with E-state index >= 15 is 0 Å². The smallest absolute Gasteiger partial charge is 0.407 e. The van der Waals surface area contributed by atoms with Crippen LogP contribution in [0.25, 0.3) is 0 Å². The third-order valence-corrected chi connectivity index (χ3v) is 5.42. The summed E-state index contributed by atoms with van der Waals surface area (Å²) in [6, 6.07) is 0. The first-order valence-corrected chi connectivity index (χ1v) is 12.3. The third kappa shape index (κ3) is 14.6. The number of rotatable bonds is 14. The van der Waals surface area contributed by atoms with Crippen LogP contribution in [0, 0.1) is 16.7 Å². The molecule has 0 aliphatic heterocycles. The molecule has 1 aliphatic carbocycles. The van der Waals surface area contributed by atoms with E-state index in [1.54, 1.807) is 6.92 Å². The molecular weight excluding hydrogens is 436 g/mol. The molecule has 8 heteroatoms. The first-order valence-electron chi connectivity index (χ1n) is 12.3. The molecule has 1 rings (SSSR count). The zero-order valence-corrected chi connectivity index (χ0v) is 21.6. The maximum atomic E-state index is 12.2. The van der Waals surface area contributed by atoms with Crippen molar-refractivity contribution in [3.05, 3.63) is 24.3 Å². The molecule has 0 bridgehead atoms. The van der Waals surface area contributed by atoms with Crippen molar-refractivity contribution in [2.24, 2.45) is 16.7 Å². The molecule has 0 saturated carbocycles. The number of carbonyl (C=O) groups is 3. The summed E-state index contributed by atoms with van der Waals surface area (Å²) in [5.74, 6) is 0.102. The number of esters is 1. The van der Waals surface area contributed by atoms with Gasteiger partial charge in [0.15, 0.2) is 0 Å². The van der Waals surface area contributed by atoms with E-state index in [0.717, 1.165) is 19.3 Å². The van der Waals surface area contributed by atoms with Gasteiger partial charge in [-0.3, -0.25) is 4.79 Å². The number of amides is 2. The highest BCUT2D eigenvalue weighted by molar-refractivity contribution is 5.69. The Bertz CT molecular complexity index is 698. The second-order valence-electron chi connectivity index (χ2n) is 10.4. The first-order chi connectivity index (χ1) is 16.0. The molecule has 2 N–H and O–H groups in total. The lowest BCUT2D eigenvalue weighted by Gasteiger charge is -2.36. The number of alkyl carbamates (subject to hydrolysis) is 2. The van der Waals surface area contributed by atoms with Gasteiger partial charge in [0.2, 0.25) is 0 Å². The van der Waals surface area contributed by atoms with Crippen molar-refractivity contribution in [1.29, 1.82) is 0 Å². The summed E-state index contributed by atoms with van der Waals surface area (Å²) >= 11 is 0. The van der Waals surface area contributed by atoms with Crippen LogP contribution in [-0.2, 0) is 19.0 Å². The van der Waals surface area contributed by atoms with Gasteiger partial charge in [0.05, 0.1) is 19.8 Å². The molecule has 0 aromatic carbocycles. The maximum absolute atomic E-state index is 12.2. The molecule has 1 aliphatic rings. The number of hydrogen-bond donors (Lipinski definition) is 2. The highest BCUT2D eigenvalue weighted by Gasteiger charge is 2.30. The maximum Gasteiger partial charge on any atom is 0.407 e. The van der Waals surface area contributed by atoms with Crippen LogP contribution >= 0.6 is 0 Å². The van der Waals surface area contributed by atoms with Crippen molar-refractivity contribution < 1.29 is 28.6 Å². The van der Waals surface area contributed by atoms with Crippen LogP contribution in [0.3, 0.4) is 0 Å². The monoisotopic (exact) mass is 480 g/mol.